The average molecular weight is 128 g/mol. The Bertz CT molecular complexity index is 90.9. The van der Waals surface area contributed by atoms with E-state index >= 15 is 0 Å². The quantitative estimate of drug-likeness (QED) is 0.546. The summed E-state index contributed by atoms with van der Waals surface area (Å²) >= 11 is 0. The lowest BCUT2D eigenvalue weighted by atomic mass is 10.2. The van der Waals surface area contributed by atoms with Crippen LogP contribution in [-0.2, 0) is 0 Å². The van der Waals surface area contributed by atoms with E-state index in [0.29, 0.717) is 0 Å². The van der Waals surface area contributed by atoms with Crippen molar-refractivity contribution in [1.82, 2.24) is 10.2 Å². The van der Waals surface area contributed by atoms with Gasteiger partial charge < -0.3 is 10.2 Å². The second-order valence-electron chi connectivity index (χ2n) is 3.16. The lowest BCUT2D eigenvalue weighted by Gasteiger charge is -2.16. The minimum atomic E-state index is 0.720. The third kappa shape index (κ3) is 1.66. The van der Waals surface area contributed by atoms with E-state index in [2.05, 4.69) is 31.2 Å². The van der Waals surface area contributed by atoms with Crippen molar-refractivity contribution in [3.05, 3.63) is 0 Å². The van der Waals surface area contributed by atoms with E-state index in [1.165, 1.54) is 6.42 Å². The molecule has 2 nitrogen and oxygen atoms in total. The molecule has 1 N–H and O–H groups in total. The van der Waals surface area contributed by atoms with Crippen molar-refractivity contribution >= 4 is 0 Å². The fraction of sp³-hybridized carbons (Fsp3) is 1.00. The average Bonchev–Trinajstić information content (AvgIpc) is 2.14. The first-order valence-electron chi connectivity index (χ1n) is 3.60. The molecule has 1 saturated heterocycles. The highest BCUT2D eigenvalue weighted by atomic mass is 15.2. The van der Waals surface area contributed by atoms with Crippen LogP contribution in [0.3, 0.4) is 0 Å². The van der Waals surface area contributed by atoms with Gasteiger partial charge in [0, 0.05) is 18.6 Å². The zero-order valence-electron chi connectivity index (χ0n) is 6.52. The smallest absolute Gasteiger partial charge is 0.0229 e. The molecule has 0 aromatic carbocycles. The maximum atomic E-state index is 3.41. The number of hydrogen-bond donors (Lipinski definition) is 1. The first-order chi connectivity index (χ1) is 4.20. The predicted octanol–water partition coefficient (Wildman–Crippen LogP) is 0.298. The van der Waals surface area contributed by atoms with Crippen LogP contribution in [0.25, 0.3) is 0 Å². The molecule has 0 aromatic rings. The molecule has 0 spiro atoms. The first kappa shape index (κ1) is 7.03. The fourth-order valence-corrected chi connectivity index (χ4v) is 1.31. The standard InChI is InChI=1S/C7H16N2/c1-6-4-7(5-8-6)9(2)3/h6-8H,4-5H2,1-3H3/t6?,7-/m1/s1. The molecule has 0 aliphatic carbocycles. The molecule has 0 aromatic heterocycles. The van der Waals surface area contributed by atoms with Crippen molar-refractivity contribution < 1.29 is 0 Å². The topological polar surface area (TPSA) is 15.3 Å². The van der Waals surface area contributed by atoms with Gasteiger partial charge in [0.25, 0.3) is 0 Å². The van der Waals surface area contributed by atoms with E-state index in [0.717, 1.165) is 18.6 Å². The molecule has 1 rings (SSSR count). The highest BCUT2D eigenvalue weighted by molar-refractivity contribution is 4.82. The van der Waals surface area contributed by atoms with E-state index in [1.807, 2.05) is 0 Å². The summed E-state index contributed by atoms with van der Waals surface area (Å²) in [6, 6.07) is 1.48. The third-order valence-corrected chi connectivity index (χ3v) is 2.06. The van der Waals surface area contributed by atoms with Gasteiger partial charge in [-0.05, 0) is 27.4 Å². The van der Waals surface area contributed by atoms with Gasteiger partial charge in [0.2, 0.25) is 0 Å². The van der Waals surface area contributed by atoms with Crippen LogP contribution in [0.4, 0.5) is 0 Å². The minimum absolute atomic E-state index is 0.720. The maximum Gasteiger partial charge on any atom is 0.0229 e. The number of nitrogens with one attached hydrogen (secondary N) is 1. The molecule has 2 heteroatoms. The normalized spacial score (nSPS) is 36.0. The number of nitrogens with zero attached hydrogens (tertiary/aromatic N) is 1. The Balaban J connectivity index is 2.30. The molecule has 54 valence electrons. The molecule has 1 unspecified atom stereocenters. The van der Waals surface area contributed by atoms with Crippen molar-refractivity contribution in [3.8, 4) is 0 Å². The van der Waals surface area contributed by atoms with Gasteiger partial charge in [-0.25, -0.2) is 0 Å². The second kappa shape index (κ2) is 2.67. The summed E-state index contributed by atoms with van der Waals surface area (Å²) < 4.78 is 0. The van der Waals surface area contributed by atoms with E-state index in [9.17, 15) is 0 Å². The van der Waals surface area contributed by atoms with E-state index in [1.54, 1.807) is 0 Å². The van der Waals surface area contributed by atoms with Crippen LogP contribution in [0, 0.1) is 0 Å². The third-order valence-electron chi connectivity index (χ3n) is 2.06. The van der Waals surface area contributed by atoms with Crippen LogP contribution in [0.1, 0.15) is 13.3 Å². The van der Waals surface area contributed by atoms with Crippen LogP contribution in [0.5, 0.6) is 0 Å². The lowest BCUT2D eigenvalue weighted by Crippen LogP contribution is -2.29. The van der Waals surface area contributed by atoms with Crippen LogP contribution in [-0.4, -0.2) is 37.6 Å². The molecular formula is C7H16N2. The zero-order chi connectivity index (χ0) is 6.85. The van der Waals surface area contributed by atoms with Crippen LogP contribution >= 0.6 is 0 Å². The van der Waals surface area contributed by atoms with Gasteiger partial charge in [-0.2, -0.15) is 0 Å². The van der Waals surface area contributed by atoms with Gasteiger partial charge in [-0.1, -0.05) is 0 Å². The Morgan fingerprint density at radius 1 is 1.44 bits per heavy atom. The molecule has 0 saturated carbocycles. The largest absolute Gasteiger partial charge is 0.313 e. The molecule has 0 bridgehead atoms. The van der Waals surface area contributed by atoms with Crippen molar-refractivity contribution in [3.63, 3.8) is 0 Å². The van der Waals surface area contributed by atoms with Gasteiger partial charge in [-0.3, -0.25) is 0 Å². The van der Waals surface area contributed by atoms with Crippen molar-refractivity contribution in [2.75, 3.05) is 20.6 Å². The Labute approximate surface area is 57.2 Å². The molecule has 0 amide bonds. The SMILES string of the molecule is CC1C[C@@H](N(C)C)CN1. The van der Waals surface area contributed by atoms with Gasteiger partial charge in [0.1, 0.15) is 0 Å². The van der Waals surface area contributed by atoms with E-state index in [-0.39, 0.29) is 0 Å². The summed E-state index contributed by atoms with van der Waals surface area (Å²) in [6.07, 6.45) is 1.30. The highest BCUT2D eigenvalue weighted by Crippen LogP contribution is 2.09. The first-order valence-corrected chi connectivity index (χ1v) is 3.60. The second-order valence-corrected chi connectivity index (χ2v) is 3.16. The maximum absolute atomic E-state index is 3.41. The van der Waals surface area contributed by atoms with Gasteiger partial charge in [-0.15, -0.1) is 0 Å². The van der Waals surface area contributed by atoms with E-state index in [4.69, 9.17) is 0 Å². The number of rotatable bonds is 1. The summed E-state index contributed by atoms with van der Waals surface area (Å²) in [6.45, 7) is 3.40. The molecule has 1 fully saturated rings. The predicted molar refractivity (Wildman–Crippen MR) is 39.6 cm³/mol. The zero-order valence-corrected chi connectivity index (χ0v) is 6.52. The molecule has 1 aliphatic heterocycles. The van der Waals surface area contributed by atoms with E-state index < -0.39 is 0 Å². The van der Waals surface area contributed by atoms with Crippen molar-refractivity contribution in [2.24, 2.45) is 0 Å². The molecular weight excluding hydrogens is 112 g/mol. The summed E-state index contributed by atoms with van der Waals surface area (Å²) in [4.78, 5) is 2.29. The molecule has 0 radical (unpaired) electrons. The summed E-state index contributed by atoms with van der Waals surface area (Å²) in [5.41, 5.74) is 0. The fourth-order valence-electron chi connectivity index (χ4n) is 1.31. The Kier molecular flexibility index (Phi) is 2.09. The van der Waals surface area contributed by atoms with Gasteiger partial charge >= 0.3 is 0 Å². The Hall–Kier alpha value is -0.0800. The monoisotopic (exact) mass is 128 g/mol. The Morgan fingerprint density at radius 2 is 2.11 bits per heavy atom. The van der Waals surface area contributed by atoms with Crippen LogP contribution in [0.15, 0.2) is 0 Å². The van der Waals surface area contributed by atoms with Gasteiger partial charge in [0.15, 0.2) is 0 Å². The highest BCUT2D eigenvalue weighted by Gasteiger charge is 2.21. The molecule has 2 atom stereocenters. The van der Waals surface area contributed by atoms with Crippen molar-refractivity contribution in [1.29, 1.82) is 0 Å². The van der Waals surface area contributed by atoms with Crippen molar-refractivity contribution in [2.45, 2.75) is 25.4 Å². The van der Waals surface area contributed by atoms with Crippen LogP contribution in [0.2, 0.25) is 0 Å². The molecule has 1 aliphatic rings. The number of hydrogen-bond acceptors (Lipinski definition) is 2. The molecule has 9 heavy (non-hydrogen) atoms. The minimum Gasteiger partial charge on any atom is -0.313 e. The summed E-state index contributed by atoms with van der Waals surface area (Å²) in [5, 5.41) is 3.41. The van der Waals surface area contributed by atoms with Gasteiger partial charge in [0.05, 0.1) is 0 Å². The lowest BCUT2D eigenvalue weighted by molar-refractivity contribution is 0.310. The summed E-state index contributed by atoms with van der Waals surface area (Å²) in [5.74, 6) is 0. The number of likely N-dealkylation sites (N-methyl/N-ethyl adjacent to an activating group) is 1. The summed E-state index contributed by atoms with van der Waals surface area (Å²) in [7, 11) is 4.29. The Morgan fingerprint density at radius 3 is 2.33 bits per heavy atom. The van der Waals surface area contributed by atoms with Crippen LogP contribution < -0.4 is 5.32 Å². The molecule has 1 heterocycles.